The fourth-order valence-electron chi connectivity index (χ4n) is 8.19. The number of hydrogen-bond donors (Lipinski definition) is 2. The predicted octanol–water partition coefficient (Wildman–Crippen LogP) is 6.48. The minimum absolute atomic E-state index is 0.258. The minimum Gasteiger partial charge on any atom is -0.424 e. The van der Waals surface area contributed by atoms with E-state index in [1.165, 1.54) is 0 Å². The van der Waals surface area contributed by atoms with Crippen molar-refractivity contribution in [2.75, 3.05) is 0 Å². The highest BCUT2D eigenvalue weighted by Crippen LogP contribution is 2.61. The van der Waals surface area contributed by atoms with Gasteiger partial charge in [0.2, 0.25) is 0 Å². The normalized spacial score (nSPS) is 24.4. The van der Waals surface area contributed by atoms with Crippen molar-refractivity contribution in [1.29, 1.82) is 0 Å². The molecule has 0 aliphatic heterocycles. The van der Waals surface area contributed by atoms with E-state index in [2.05, 4.69) is 38.1 Å². The summed E-state index contributed by atoms with van der Waals surface area (Å²) in [6, 6.07) is 40.3. The molecule has 5 atom stereocenters. The van der Waals surface area contributed by atoms with Crippen LogP contribution in [0.15, 0.2) is 121 Å². The average molecular weight is 609 g/mol. The molecule has 4 aromatic rings. The van der Waals surface area contributed by atoms with E-state index in [1.807, 2.05) is 97.1 Å². The molecule has 0 bridgehead atoms. The highest BCUT2D eigenvalue weighted by molar-refractivity contribution is 7.79. The zero-order valence-corrected chi connectivity index (χ0v) is 27.3. The van der Waals surface area contributed by atoms with E-state index in [9.17, 15) is 9.90 Å². The average Bonchev–Trinajstić information content (AvgIpc) is 3.72. The molecule has 4 aromatic carbocycles. The monoisotopic (exact) mass is 608 g/mol. The molecule has 0 saturated heterocycles. The highest BCUT2D eigenvalue weighted by atomic mass is 31.2. The lowest BCUT2D eigenvalue weighted by Gasteiger charge is -2.41. The van der Waals surface area contributed by atoms with Gasteiger partial charge < -0.3 is 14.5 Å². The number of hydrogen-bond acceptors (Lipinski definition) is 3. The van der Waals surface area contributed by atoms with Crippen LogP contribution >= 0.6 is 7.14 Å². The van der Waals surface area contributed by atoms with E-state index >= 15 is 4.57 Å². The molecule has 5 heteroatoms. The first-order chi connectivity index (χ1) is 20.8. The second kappa shape index (κ2) is 12.3. The Morgan fingerprint density at radius 3 is 1.56 bits per heavy atom. The van der Waals surface area contributed by atoms with Gasteiger partial charge in [-0.1, -0.05) is 135 Å². The van der Waals surface area contributed by atoms with Crippen LogP contribution in [0, 0.1) is 17.8 Å². The summed E-state index contributed by atoms with van der Waals surface area (Å²) in [5, 5.41) is 15.1. The summed E-state index contributed by atoms with van der Waals surface area (Å²) in [6.45, 7) is 4.53. The lowest BCUT2D eigenvalue weighted by atomic mass is 9.98. The molecular weight excluding hydrogens is 563 g/mol. The standard InChI is InChI=1S/C38H45O3PSi/c1-38(2,43(41,31-19-11-5-12-20-31)32-21-13-6-14-22-32)28-27-35-33-23-25-36(39)37(26-24-34(33)35)42(40,29-15-7-3-8-16-29)30-17-9-4-10-18-30/h3-22,33-37,39,41H,23-28H2,1-2H3/t33-,34+,35+,36+,37+/m1/s1. The third-order valence-electron chi connectivity index (χ3n) is 10.8. The van der Waals surface area contributed by atoms with Crippen LogP contribution in [-0.4, -0.2) is 30.0 Å². The topological polar surface area (TPSA) is 57.5 Å². The molecule has 2 aliphatic rings. The molecule has 2 fully saturated rings. The van der Waals surface area contributed by atoms with Crippen molar-refractivity contribution >= 4 is 36.4 Å². The Morgan fingerprint density at radius 2 is 1.09 bits per heavy atom. The van der Waals surface area contributed by atoms with Gasteiger partial charge >= 0.3 is 0 Å². The van der Waals surface area contributed by atoms with Gasteiger partial charge in [0.25, 0.3) is 8.32 Å². The first kappa shape index (κ1) is 30.3. The largest absolute Gasteiger partial charge is 0.424 e. The van der Waals surface area contributed by atoms with Crippen LogP contribution in [0.25, 0.3) is 0 Å². The number of aliphatic hydroxyl groups is 1. The summed E-state index contributed by atoms with van der Waals surface area (Å²) in [7, 11) is -6.08. The molecule has 2 aliphatic carbocycles. The van der Waals surface area contributed by atoms with Gasteiger partial charge in [0.1, 0.15) is 7.14 Å². The Labute approximate surface area is 258 Å². The molecule has 0 spiro atoms. The number of benzene rings is 4. The van der Waals surface area contributed by atoms with Crippen molar-refractivity contribution in [3.63, 3.8) is 0 Å². The first-order valence-electron chi connectivity index (χ1n) is 16.0. The first-order valence-corrected chi connectivity index (χ1v) is 19.7. The molecule has 0 aromatic heterocycles. The van der Waals surface area contributed by atoms with Gasteiger partial charge in [-0.2, -0.15) is 0 Å². The molecule has 43 heavy (non-hydrogen) atoms. The molecule has 0 heterocycles. The van der Waals surface area contributed by atoms with Crippen molar-refractivity contribution in [2.24, 2.45) is 17.8 Å². The van der Waals surface area contributed by atoms with Crippen LogP contribution in [0.5, 0.6) is 0 Å². The lowest BCUT2D eigenvalue weighted by molar-refractivity contribution is 0.143. The summed E-state index contributed by atoms with van der Waals surface area (Å²) >= 11 is 0. The molecule has 2 saturated carbocycles. The molecule has 0 amide bonds. The van der Waals surface area contributed by atoms with Gasteiger partial charge in [-0.25, -0.2) is 0 Å². The second-order valence-electron chi connectivity index (χ2n) is 13.5. The molecule has 3 nitrogen and oxygen atoms in total. The molecule has 2 N–H and O–H groups in total. The molecular formula is C38H45O3PSi. The van der Waals surface area contributed by atoms with E-state index in [0.29, 0.717) is 24.2 Å². The molecule has 6 rings (SSSR count). The fraction of sp³-hybridized carbons (Fsp3) is 0.368. The Balaban J connectivity index is 1.21. The van der Waals surface area contributed by atoms with Crippen molar-refractivity contribution in [3.05, 3.63) is 121 Å². The highest BCUT2D eigenvalue weighted by Gasteiger charge is 2.55. The van der Waals surface area contributed by atoms with Crippen molar-refractivity contribution < 1.29 is 14.5 Å². The maximum atomic E-state index is 15.1. The van der Waals surface area contributed by atoms with E-state index in [1.54, 1.807) is 0 Å². The van der Waals surface area contributed by atoms with Gasteiger partial charge in [-0.05, 0) is 71.7 Å². The van der Waals surface area contributed by atoms with E-state index < -0.39 is 21.6 Å². The van der Waals surface area contributed by atoms with Gasteiger partial charge in [-0.3, -0.25) is 0 Å². The third-order valence-corrected chi connectivity index (χ3v) is 19.0. The Morgan fingerprint density at radius 1 is 0.674 bits per heavy atom. The lowest BCUT2D eigenvalue weighted by Crippen LogP contribution is -2.65. The number of aliphatic hydroxyl groups excluding tert-OH is 1. The van der Waals surface area contributed by atoms with E-state index in [0.717, 1.165) is 53.1 Å². The third kappa shape index (κ3) is 5.64. The SMILES string of the molecule is CC(C)(CC[C@H]1[C@@H]2CC[C@H](O)[C@@H](P(=O)(c3ccccc3)c3ccccc3)CC[C@@H]21)[Si](O)(c1ccccc1)c1ccccc1. The Kier molecular flexibility index (Phi) is 8.68. The predicted molar refractivity (Wildman–Crippen MR) is 182 cm³/mol. The summed E-state index contributed by atoms with van der Waals surface area (Å²) in [5.41, 5.74) is -0.274. The summed E-state index contributed by atoms with van der Waals surface area (Å²) in [6.07, 6.45) is 4.90. The Hall–Kier alpha value is -2.75. The van der Waals surface area contributed by atoms with Gasteiger partial charge in [0.05, 0.1) is 6.10 Å². The number of rotatable bonds is 9. The molecule has 0 radical (unpaired) electrons. The maximum absolute atomic E-state index is 15.1. The smallest absolute Gasteiger partial charge is 0.258 e. The van der Waals surface area contributed by atoms with Crippen molar-refractivity contribution in [2.45, 2.75) is 69.2 Å². The van der Waals surface area contributed by atoms with Crippen LogP contribution in [0.1, 0.15) is 52.4 Å². The van der Waals surface area contributed by atoms with Crippen molar-refractivity contribution in [3.8, 4) is 0 Å². The Bertz CT molecular complexity index is 1440. The van der Waals surface area contributed by atoms with Crippen LogP contribution in [0.3, 0.4) is 0 Å². The van der Waals surface area contributed by atoms with Crippen LogP contribution in [-0.2, 0) is 4.57 Å². The minimum atomic E-state index is -3.04. The summed E-state index contributed by atoms with van der Waals surface area (Å²) in [4.78, 5) is 12.6. The fourth-order valence-corrected chi connectivity index (χ4v) is 15.4. The number of fused-ring (bicyclic) bond motifs is 1. The van der Waals surface area contributed by atoms with Crippen LogP contribution in [0.2, 0.25) is 5.04 Å². The summed E-state index contributed by atoms with van der Waals surface area (Å²) < 4.78 is 15.1. The zero-order valence-electron chi connectivity index (χ0n) is 25.4. The zero-order chi connectivity index (χ0) is 30.1. The van der Waals surface area contributed by atoms with Gasteiger partial charge in [-0.15, -0.1) is 0 Å². The van der Waals surface area contributed by atoms with Gasteiger partial charge in [0.15, 0.2) is 0 Å². The summed E-state index contributed by atoms with van der Waals surface area (Å²) in [5.74, 6) is 1.82. The van der Waals surface area contributed by atoms with Crippen LogP contribution in [0.4, 0.5) is 0 Å². The quantitative estimate of drug-likeness (QED) is 0.169. The maximum Gasteiger partial charge on any atom is 0.258 e. The second-order valence-corrected chi connectivity index (χ2v) is 20.4. The van der Waals surface area contributed by atoms with Gasteiger partial charge in [0, 0.05) is 16.3 Å². The van der Waals surface area contributed by atoms with Crippen LogP contribution < -0.4 is 21.0 Å². The van der Waals surface area contributed by atoms with E-state index in [4.69, 9.17) is 0 Å². The van der Waals surface area contributed by atoms with Crippen molar-refractivity contribution in [1.82, 2.24) is 0 Å². The molecule has 224 valence electrons. The molecule has 0 unspecified atom stereocenters. The van der Waals surface area contributed by atoms with E-state index in [-0.39, 0.29) is 10.7 Å².